The second kappa shape index (κ2) is 5.87. The van der Waals surface area contributed by atoms with Crippen LogP contribution in [0.4, 0.5) is 0 Å². The van der Waals surface area contributed by atoms with Crippen LogP contribution in [0.5, 0.6) is 0 Å². The molecule has 4 rings (SSSR count). The zero-order valence-electron chi connectivity index (χ0n) is 13.5. The first-order valence-electron chi connectivity index (χ1n) is 8.06. The molecule has 1 saturated heterocycles. The topological polar surface area (TPSA) is 47.9 Å². The van der Waals surface area contributed by atoms with Crippen LogP contribution >= 0.6 is 0 Å². The van der Waals surface area contributed by atoms with Crippen LogP contribution in [0.1, 0.15) is 5.56 Å². The lowest BCUT2D eigenvalue weighted by Crippen LogP contribution is -2.42. The summed E-state index contributed by atoms with van der Waals surface area (Å²) < 4.78 is 17.1. The Morgan fingerprint density at radius 3 is 2.09 bits per heavy atom. The van der Waals surface area contributed by atoms with Gasteiger partial charge in [0, 0.05) is 26.1 Å². The minimum Gasteiger partial charge on any atom is -0.392 e. The van der Waals surface area contributed by atoms with Gasteiger partial charge in [-0.15, -0.1) is 0 Å². The van der Waals surface area contributed by atoms with Crippen LogP contribution in [-0.2, 0) is 14.2 Å². The first-order chi connectivity index (χ1) is 11.3. The molecule has 0 unspecified atom stereocenters. The van der Waals surface area contributed by atoms with Crippen LogP contribution in [0.15, 0.2) is 47.1 Å². The van der Waals surface area contributed by atoms with E-state index in [4.69, 9.17) is 14.2 Å². The SMILES string of the molecule is COCC1=C(COC)[C@@H]2O[C@H]1[C@H]1C(CO)=C(c3ccccc3)[C@H]12. The Hall–Kier alpha value is -1.46. The summed E-state index contributed by atoms with van der Waals surface area (Å²) in [7, 11) is 3.43. The quantitative estimate of drug-likeness (QED) is 0.817. The van der Waals surface area contributed by atoms with Crippen LogP contribution in [-0.4, -0.2) is 51.4 Å². The van der Waals surface area contributed by atoms with Gasteiger partial charge in [-0.05, 0) is 27.9 Å². The molecule has 3 aliphatic rings. The van der Waals surface area contributed by atoms with Crippen molar-refractivity contribution >= 4 is 5.57 Å². The predicted octanol–water partition coefficient (Wildman–Crippen LogP) is 2.05. The van der Waals surface area contributed by atoms with Gasteiger partial charge in [-0.25, -0.2) is 0 Å². The van der Waals surface area contributed by atoms with Crippen molar-refractivity contribution in [2.24, 2.45) is 11.8 Å². The summed E-state index contributed by atoms with van der Waals surface area (Å²) in [6, 6.07) is 10.3. The summed E-state index contributed by atoms with van der Waals surface area (Å²) in [6.45, 7) is 1.25. The van der Waals surface area contributed by atoms with E-state index in [0.29, 0.717) is 19.1 Å². The highest BCUT2D eigenvalue weighted by molar-refractivity contribution is 5.80. The Kier molecular flexibility index (Phi) is 3.85. The lowest BCUT2D eigenvalue weighted by atomic mass is 9.58. The van der Waals surface area contributed by atoms with Crippen molar-refractivity contribution < 1.29 is 19.3 Å². The maximum atomic E-state index is 9.89. The van der Waals surface area contributed by atoms with E-state index in [0.717, 1.165) is 5.57 Å². The number of aliphatic hydroxyl groups is 1. The van der Waals surface area contributed by atoms with E-state index in [1.165, 1.54) is 22.3 Å². The molecule has 0 saturated carbocycles. The van der Waals surface area contributed by atoms with Gasteiger partial charge in [0.05, 0.1) is 32.0 Å². The summed E-state index contributed by atoms with van der Waals surface area (Å²) in [5, 5.41) is 9.89. The van der Waals surface area contributed by atoms with E-state index in [2.05, 4.69) is 12.1 Å². The molecule has 1 fully saturated rings. The molecule has 2 bridgehead atoms. The molecule has 1 N–H and O–H groups in total. The standard InChI is InChI=1S/C19H22O4/c1-21-9-13-14(10-22-2)19-17-15(11-6-4-3-5-7-11)12(8-20)16(17)18(13)23-19/h3-7,16-20H,8-10H2,1-2H3/t16-,17+,18+,19-/m0/s1. The van der Waals surface area contributed by atoms with E-state index < -0.39 is 0 Å². The average Bonchev–Trinajstić information content (AvgIpc) is 3.03. The monoisotopic (exact) mass is 314 g/mol. The molecule has 1 aromatic carbocycles. The minimum atomic E-state index is 0.0321. The highest BCUT2D eigenvalue weighted by atomic mass is 16.5. The zero-order valence-corrected chi connectivity index (χ0v) is 13.5. The van der Waals surface area contributed by atoms with Crippen molar-refractivity contribution in [2.45, 2.75) is 12.2 Å². The highest BCUT2D eigenvalue weighted by Crippen LogP contribution is 2.61. The van der Waals surface area contributed by atoms with Gasteiger partial charge in [0.1, 0.15) is 0 Å². The zero-order chi connectivity index (χ0) is 16.0. The molecule has 0 amide bonds. The molecule has 2 heterocycles. The molecule has 4 heteroatoms. The van der Waals surface area contributed by atoms with Crippen molar-refractivity contribution in [1.29, 1.82) is 0 Å². The molecule has 122 valence electrons. The van der Waals surface area contributed by atoms with Crippen molar-refractivity contribution in [3.8, 4) is 0 Å². The Labute approximate surface area is 136 Å². The Balaban J connectivity index is 1.72. The fourth-order valence-electron chi connectivity index (χ4n) is 4.54. The lowest BCUT2D eigenvalue weighted by Gasteiger charge is -2.43. The third-order valence-electron chi connectivity index (χ3n) is 5.37. The summed E-state index contributed by atoms with van der Waals surface area (Å²) in [6.07, 6.45) is 0.0883. The molecular weight excluding hydrogens is 292 g/mol. The first-order valence-corrected chi connectivity index (χ1v) is 8.06. The molecule has 2 aliphatic heterocycles. The summed E-state index contributed by atoms with van der Waals surface area (Å²) in [5.74, 6) is 0.612. The van der Waals surface area contributed by atoms with Gasteiger partial charge in [0.25, 0.3) is 0 Å². The molecule has 0 radical (unpaired) electrons. The molecule has 1 aliphatic carbocycles. The fourth-order valence-corrected chi connectivity index (χ4v) is 4.54. The molecule has 1 aromatic rings. The highest BCUT2D eigenvalue weighted by Gasteiger charge is 2.61. The van der Waals surface area contributed by atoms with Gasteiger partial charge in [0.15, 0.2) is 0 Å². The van der Waals surface area contributed by atoms with E-state index in [1.807, 2.05) is 18.2 Å². The van der Waals surface area contributed by atoms with Crippen LogP contribution in [0.3, 0.4) is 0 Å². The molecular formula is C19H22O4. The van der Waals surface area contributed by atoms with Crippen molar-refractivity contribution in [3.05, 3.63) is 52.6 Å². The van der Waals surface area contributed by atoms with E-state index in [1.54, 1.807) is 14.2 Å². The predicted molar refractivity (Wildman–Crippen MR) is 86.9 cm³/mol. The minimum absolute atomic E-state index is 0.0321. The summed E-state index contributed by atoms with van der Waals surface area (Å²) in [4.78, 5) is 0. The van der Waals surface area contributed by atoms with Crippen LogP contribution in [0.2, 0.25) is 0 Å². The van der Waals surface area contributed by atoms with Gasteiger partial charge in [-0.1, -0.05) is 30.3 Å². The fraction of sp³-hybridized carbons (Fsp3) is 0.474. The van der Waals surface area contributed by atoms with Gasteiger partial charge >= 0.3 is 0 Å². The van der Waals surface area contributed by atoms with Gasteiger partial charge in [-0.3, -0.25) is 0 Å². The van der Waals surface area contributed by atoms with Crippen molar-refractivity contribution in [2.75, 3.05) is 34.0 Å². The maximum Gasteiger partial charge on any atom is 0.0895 e. The van der Waals surface area contributed by atoms with Gasteiger partial charge < -0.3 is 19.3 Å². The number of benzene rings is 1. The third kappa shape index (κ3) is 2.06. The normalized spacial score (nSPS) is 31.6. The van der Waals surface area contributed by atoms with Gasteiger partial charge in [-0.2, -0.15) is 0 Å². The second-order valence-electron chi connectivity index (χ2n) is 6.41. The van der Waals surface area contributed by atoms with E-state index >= 15 is 0 Å². The smallest absolute Gasteiger partial charge is 0.0895 e. The number of hydrogen-bond acceptors (Lipinski definition) is 4. The number of fused-ring (bicyclic) bond motifs is 5. The molecule has 0 aromatic heterocycles. The maximum absolute atomic E-state index is 9.89. The van der Waals surface area contributed by atoms with Crippen LogP contribution < -0.4 is 0 Å². The Morgan fingerprint density at radius 1 is 0.913 bits per heavy atom. The number of aliphatic hydroxyl groups excluding tert-OH is 1. The average molecular weight is 314 g/mol. The third-order valence-corrected chi connectivity index (χ3v) is 5.37. The van der Waals surface area contributed by atoms with Crippen LogP contribution in [0.25, 0.3) is 5.57 Å². The summed E-state index contributed by atoms with van der Waals surface area (Å²) in [5.41, 5.74) is 6.01. The van der Waals surface area contributed by atoms with Crippen LogP contribution in [0, 0.1) is 11.8 Å². The van der Waals surface area contributed by atoms with Gasteiger partial charge in [0.2, 0.25) is 0 Å². The molecule has 4 atom stereocenters. The first kappa shape index (κ1) is 15.1. The molecule has 0 spiro atoms. The number of rotatable bonds is 6. The van der Waals surface area contributed by atoms with E-state index in [9.17, 15) is 5.11 Å². The van der Waals surface area contributed by atoms with Crippen molar-refractivity contribution in [1.82, 2.24) is 0 Å². The largest absolute Gasteiger partial charge is 0.392 e. The molecule has 23 heavy (non-hydrogen) atoms. The number of methoxy groups -OCH3 is 2. The van der Waals surface area contributed by atoms with Crippen molar-refractivity contribution in [3.63, 3.8) is 0 Å². The number of hydrogen-bond donors (Lipinski definition) is 1. The Bertz CT molecular complexity index is 661. The second-order valence-corrected chi connectivity index (χ2v) is 6.41. The number of ether oxygens (including phenoxy) is 3. The Morgan fingerprint density at radius 2 is 1.52 bits per heavy atom. The molecule has 4 nitrogen and oxygen atoms in total. The lowest BCUT2D eigenvalue weighted by molar-refractivity contribution is 0.0882. The van der Waals surface area contributed by atoms with E-state index in [-0.39, 0.29) is 24.7 Å². The summed E-state index contributed by atoms with van der Waals surface area (Å²) >= 11 is 0.